The maximum absolute atomic E-state index is 13.8. The number of aromatic nitrogens is 1. The summed E-state index contributed by atoms with van der Waals surface area (Å²) in [6.45, 7) is 4.56. The van der Waals surface area contributed by atoms with Crippen molar-refractivity contribution in [3.63, 3.8) is 0 Å². The van der Waals surface area contributed by atoms with Crippen molar-refractivity contribution in [1.82, 2.24) is 4.57 Å². The van der Waals surface area contributed by atoms with E-state index in [0.717, 1.165) is 11.3 Å². The number of hydrogen-bond acceptors (Lipinski definition) is 9. The molecule has 1 aliphatic heterocycles. The minimum atomic E-state index is -1.07. The van der Waals surface area contributed by atoms with Gasteiger partial charge >= 0.3 is 11.9 Å². The first-order valence-corrected chi connectivity index (χ1v) is 13.6. The third-order valence-electron chi connectivity index (χ3n) is 6.33. The molecule has 3 heterocycles. The van der Waals surface area contributed by atoms with Crippen molar-refractivity contribution in [2.24, 2.45) is 4.99 Å². The van der Waals surface area contributed by atoms with Gasteiger partial charge in [0.15, 0.2) is 16.3 Å². The number of ether oxygens (including phenoxy) is 3. The number of carbonyl (C=O) groups is 2. The van der Waals surface area contributed by atoms with Crippen molar-refractivity contribution >= 4 is 29.4 Å². The predicted molar refractivity (Wildman–Crippen MR) is 151 cm³/mol. The van der Waals surface area contributed by atoms with Gasteiger partial charge in [-0.15, -0.1) is 0 Å². The number of carboxylic acids is 1. The van der Waals surface area contributed by atoms with Crippen molar-refractivity contribution in [1.29, 1.82) is 0 Å². The lowest BCUT2D eigenvalue weighted by atomic mass is 9.97. The van der Waals surface area contributed by atoms with E-state index in [0.29, 0.717) is 56.7 Å². The molecular weight excluding hydrogens is 548 g/mol. The number of carboxylic acid groups (broad SMARTS) is 1. The Hall–Kier alpha value is -4.90. The lowest BCUT2D eigenvalue weighted by Crippen LogP contribution is -2.39. The highest BCUT2D eigenvalue weighted by Crippen LogP contribution is 2.35. The second kappa shape index (κ2) is 11.7. The zero-order valence-electron chi connectivity index (χ0n) is 22.5. The number of aromatic carboxylic acids is 1. The van der Waals surface area contributed by atoms with E-state index in [9.17, 15) is 19.5 Å². The van der Waals surface area contributed by atoms with E-state index in [1.165, 1.54) is 23.9 Å². The molecule has 41 heavy (non-hydrogen) atoms. The third-order valence-corrected chi connectivity index (χ3v) is 7.33. The lowest BCUT2D eigenvalue weighted by molar-refractivity contribution is -0.136. The molecule has 0 fully saturated rings. The zero-order valence-corrected chi connectivity index (χ0v) is 23.3. The summed E-state index contributed by atoms with van der Waals surface area (Å²) in [6.07, 6.45) is 2.98. The zero-order chi connectivity index (χ0) is 29.1. The highest BCUT2D eigenvalue weighted by molar-refractivity contribution is 7.07. The van der Waals surface area contributed by atoms with Gasteiger partial charge in [-0.25, -0.2) is 14.6 Å². The Bertz CT molecular complexity index is 1850. The highest BCUT2D eigenvalue weighted by Gasteiger charge is 2.31. The standard InChI is InChI=1S/C30H26N2O8S/c1-4-38-23-12-10-17(14-24(23)39-5-2)26-21(29(36)37-3)16-31-30-32(26)27(33)25(41-30)15-18-11-13-22(40-18)19-8-6-7-9-20(19)28(34)35/h6-16,26H,4-5H2,1-3H3,(H,34,35)/b25-15-/t26-/m0/s1. The van der Waals surface area contributed by atoms with E-state index in [-0.39, 0.29) is 16.7 Å². The quantitative estimate of drug-likeness (QED) is 0.299. The molecular formula is C30H26N2O8S. The van der Waals surface area contributed by atoms with Gasteiger partial charge in [-0.2, -0.15) is 0 Å². The molecule has 5 rings (SSSR count). The Balaban J connectivity index is 1.61. The molecule has 4 aromatic rings. The molecule has 2 aromatic heterocycles. The van der Waals surface area contributed by atoms with Crippen LogP contribution in [-0.4, -0.2) is 41.9 Å². The smallest absolute Gasteiger partial charge is 0.337 e. The molecule has 2 aromatic carbocycles. The molecule has 10 nitrogen and oxygen atoms in total. The van der Waals surface area contributed by atoms with E-state index >= 15 is 0 Å². The first-order valence-electron chi connectivity index (χ1n) is 12.8. The van der Waals surface area contributed by atoms with Crippen LogP contribution in [0, 0.1) is 0 Å². The van der Waals surface area contributed by atoms with Crippen molar-refractivity contribution in [3.8, 4) is 22.8 Å². The van der Waals surface area contributed by atoms with Crippen LogP contribution in [0.5, 0.6) is 11.5 Å². The van der Waals surface area contributed by atoms with Gasteiger partial charge in [0.25, 0.3) is 5.56 Å². The molecule has 0 bridgehead atoms. The molecule has 0 unspecified atom stereocenters. The summed E-state index contributed by atoms with van der Waals surface area (Å²) in [7, 11) is 1.27. The van der Waals surface area contributed by atoms with Crippen LogP contribution in [0.4, 0.5) is 0 Å². The number of carbonyl (C=O) groups excluding carboxylic acids is 1. The number of furan rings is 1. The SMILES string of the molecule is CCOc1ccc([C@H]2C(C(=O)OC)=CN=c3s/c(=C\c4ccc(-c5ccccc5C(=O)O)o4)c(=O)n32)cc1OCC. The first-order chi connectivity index (χ1) is 19.9. The molecule has 0 saturated carbocycles. The number of hydrogen-bond donors (Lipinski definition) is 1. The Kier molecular flexibility index (Phi) is 7.88. The Morgan fingerprint density at radius 1 is 1.07 bits per heavy atom. The van der Waals surface area contributed by atoms with Gasteiger partial charge in [0.05, 0.1) is 42.0 Å². The number of thiazole rings is 1. The topological polar surface area (TPSA) is 130 Å². The fraction of sp³-hybridized carbons (Fsp3) is 0.200. The van der Waals surface area contributed by atoms with E-state index in [1.807, 2.05) is 13.8 Å². The molecule has 11 heteroatoms. The van der Waals surface area contributed by atoms with Crippen LogP contribution >= 0.6 is 11.3 Å². The normalized spacial score (nSPS) is 14.6. The summed E-state index contributed by atoms with van der Waals surface area (Å²) >= 11 is 1.14. The molecule has 0 aliphatic carbocycles. The largest absolute Gasteiger partial charge is 0.490 e. The first kappa shape index (κ1) is 27.7. The Morgan fingerprint density at radius 2 is 1.83 bits per heavy atom. The summed E-state index contributed by atoms with van der Waals surface area (Å²) in [5.41, 5.74) is 0.934. The van der Waals surface area contributed by atoms with Gasteiger partial charge < -0.3 is 23.7 Å². The minimum absolute atomic E-state index is 0.102. The molecule has 1 N–H and O–H groups in total. The molecule has 210 valence electrons. The Labute approximate surface area is 238 Å². The molecule has 0 saturated heterocycles. The van der Waals surface area contributed by atoms with Crippen LogP contribution in [-0.2, 0) is 9.53 Å². The second-order valence-corrected chi connectivity index (χ2v) is 9.81. The fourth-order valence-corrected chi connectivity index (χ4v) is 5.53. The highest BCUT2D eigenvalue weighted by atomic mass is 32.1. The number of esters is 1. The average Bonchev–Trinajstić information content (AvgIpc) is 3.57. The fourth-order valence-electron chi connectivity index (χ4n) is 4.58. The van der Waals surface area contributed by atoms with Gasteiger partial charge in [0.1, 0.15) is 11.5 Å². The second-order valence-electron chi connectivity index (χ2n) is 8.80. The molecule has 1 atom stereocenters. The van der Waals surface area contributed by atoms with Crippen molar-refractivity contribution in [3.05, 3.63) is 103 Å². The van der Waals surface area contributed by atoms with E-state index in [4.69, 9.17) is 18.6 Å². The number of rotatable bonds is 9. The number of methoxy groups -OCH3 is 1. The average molecular weight is 575 g/mol. The summed E-state index contributed by atoms with van der Waals surface area (Å²) < 4.78 is 24.1. The number of nitrogens with zero attached hydrogens (tertiary/aromatic N) is 2. The van der Waals surface area contributed by atoms with Crippen LogP contribution in [0.2, 0.25) is 0 Å². The summed E-state index contributed by atoms with van der Waals surface area (Å²) in [4.78, 5) is 43.0. The van der Waals surface area contributed by atoms with Crippen LogP contribution in [0.25, 0.3) is 17.4 Å². The summed E-state index contributed by atoms with van der Waals surface area (Å²) in [5.74, 6) is 0.0504. The maximum Gasteiger partial charge on any atom is 0.337 e. The van der Waals surface area contributed by atoms with Gasteiger partial charge in [0.2, 0.25) is 0 Å². The van der Waals surface area contributed by atoms with Crippen LogP contribution in [0.1, 0.15) is 41.6 Å². The van der Waals surface area contributed by atoms with Gasteiger partial charge in [-0.05, 0) is 49.7 Å². The van der Waals surface area contributed by atoms with Crippen LogP contribution in [0.3, 0.4) is 0 Å². The van der Waals surface area contributed by atoms with Crippen molar-refractivity contribution in [2.75, 3.05) is 20.3 Å². The van der Waals surface area contributed by atoms with Crippen LogP contribution < -0.4 is 24.4 Å². The van der Waals surface area contributed by atoms with Crippen LogP contribution in [0.15, 0.2) is 80.6 Å². The summed E-state index contributed by atoms with van der Waals surface area (Å²) in [5, 5.41) is 9.53. The van der Waals surface area contributed by atoms with E-state index in [1.54, 1.807) is 54.6 Å². The van der Waals surface area contributed by atoms with Gasteiger partial charge in [0, 0.05) is 17.8 Å². The van der Waals surface area contributed by atoms with E-state index < -0.39 is 18.0 Å². The summed E-state index contributed by atoms with van der Waals surface area (Å²) in [6, 6.07) is 14.3. The minimum Gasteiger partial charge on any atom is -0.490 e. The molecule has 0 radical (unpaired) electrons. The predicted octanol–water partition coefficient (Wildman–Crippen LogP) is 3.77. The number of fused-ring (bicyclic) bond motifs is 1. The maximum atomic E-state index is 13.8. The lowest BCUT2D eigenvalue weighted by Gasteiger charge is -2.23. The third kappa shape index (κ3) is 5.31. The molecule has 0 spiro atoms. The van der Waals surface area contributed by atoms with Gasteiger partial charge in [-0.1, -0.05) is 35.6 Å². The molecule has 0 amide bonds. The monoisotopic (exact) mass is 574 g/mol. The Morgan fingerprint density at radius 3 is 2.56 bits per heavy atom. The van der Waals surface area contributed by atoms with Crippen molar-refractivity contribution < 1.29 is 33.3 Å². The van der Waals surface area contributed by atoms with Crippen molar-refractivity contribution in [2.45, 2.75) is 19.9 Å². The number of benzene rings is 2. The molecule has 1 aliphatic rings. The van der Waals surface area contributed by atoms with E-state index in [2.05, 4.69) is 4.99 Å². The van der Waals surface area contributed by atoms with Gasteiger partial charge in [-0.3, -0.25) is 9.36 Å².